The van der Waals surface area contributed by atoms with Crippen LogP contribution in [0.5, 0.6) is 0 Å². The van der Waals surface area contributed by atoms with E-state index in [1.165, 1.54) is 0 Å². The van der Waals surface area contributed by atoms with E-state index >= 15 is 0 Å². The molecule has 116 valence electrons. The fourth-order valence-electron chi connectivity index (χ4n) is 1.98. The van der Waals surface area contributed by atoms with Gasteiger partial charge in [0.05, 0.1) is 6.61 Å². The largest absolute Gasteiger partial charge is 0.450 e. The van der Waals surface area contributed by atoms with Crippen LogP contribution in [0.2, 0.25) is 0 Å². The van der Waals surface area contributed by atoms with Gasteiger partial charge in [-0.3, -0.25) is 4.79 Å². The molecule has 2 N–H and O–H groups in total. The number of nitrogens with one attached hydrogen (secondary N) is 2. The molecule has 7 heteroatoms. The van der Waals surface area contributed by atoms with Crippen LogP contribution >= 0.6 is 0 Å². The van der Waals surface area contributed by atoms with E-state index in [1.54, 1.807) is 7.05 Å². The van der Waals surface area contributed by atoms with Gasteiger partial charge in [-0.15, -0.1) is 0 Å². The molecule has 0 aromatic heterocycles. The Balaban J connectivity index is 1.95. The maximum absolute atomic E-state index is 11.3. The molecule has 0 saturated carbocycles. The number of rotatable bonds is 7. The van der Waals surface area contributed by atoms with Crippen molar-refractivity contribution in [1.82, 2.24) is 20.4 Å². The summed E-state index contributed by atoms with van der Waals surface area (Å²) in [4.78, 5) is 27.0. The SMILES string of the molecule is CNC(=O)CCNC(=O)OCCCN1CCN(C)CC1. The summed E-state index contributed by atoms with van der Waals surface area (Å²) < 4.78 is 5.05. The summed E-state index contributed by atoms with van der Waals surface area (Å²) in [5, 5.41) is 5.04. The highest BCUT2D eigenvalue weighted by molar-refractivity contribution is 5.76. The lowest BCUT2D eigenvalue weighted by Crippen LogP contribution is -2.44. The second-order valence-electron chi connectivity index (χ2n) is 4.98. The van der Waals surface area contributed by atoms with Crippen molar-refractivity contribution in [3.05, 3.63) is 0 Å². The Labute approximate surface area is 120 Å². The van der Waals surface area contributed by atoms with Crippen molar-refractivity contribution in [3.8, 4) is 0 Å². The lowest BCUT2D eigenvalue weighted by molar-refractivity contribution is -0.120. The fraction of sp³-hybridized carbons (Fsp3) is 0.846. The first-order valence-electron chi connectivity index (χ1n) is 7.14. The van der Waals surface area contributed by atoms with Gasteiger partial charge in [-0.2, -0.15) is 0 Å². The molecule has 1 heterocycles. The number of ether oxygens (including phenoxy) is 1. The maximum atomic E-state index is 11.3. The average molecular weight is 286 g/mol. The first kappa shape index (κ1) is 16.7. The van der Waals surface area contributed by atoms with E-state index in [2.05, 4.69) is 27.5 Å². The minimum Gasteiger partial charge on any atom is -0.450 e. The smallest absolute Gasteiger partial charge is 0.407 e. The van der Waals surface area contributed by atoms with Crippen molar-refractivity contribution in [2.24, 2.45) is 0 Å². The van der Waals surface area contributed by atoms with Gasteiger partial charge in [-0.1, -0.05) is 0 Å². The number of amides is 2. The molecule has 0 unspecified atom stereocenters. The molecule has 0 aromatic carbocycles. The van der Waals surface area contributed by atoms with Crippen molar-refractivity contribution >= 4 is 12.0 Å². The second-order valence-corrected chi connectivity index (χ2v) is 4.98. The van der Waals surface area contributed by atoms with Gasteiger partial charge in [-0.05, 0) is 13.5 Å². The van der Waals surface area contributed by atoms with Crippen LogP contribution in [0, 0.1) is 0 Å². The molecule has 0 aromatic rings. The Hall–Kier alpha value is -1.34. The third-order valence-electron chi connectivity index (χ3n) is 3.35. The normalized spacial score (nSPS) is 16.7. The van der Waals surface area contributed by atoms with E-state index < -0.39 is 6.09 Å². The van der Waals surface area contributed by atoms with Crippen molar-refractivity contribution in [1.29, 1.82) is 0 Å². The van der Waals surface area contributed by atoms with E-state index in [0.717, 1.165) is 39.1 Å². The maximum Gasteiger partial charge on any atom is 0.407 e. The average Bonchev–Trinajstić information content (AvgIpc) is 2.45. The molecule has 0 spiro atoms. The van der Waals surface area contributed by atoms with E-state index in [4.69, 9.17) is 4.74 Å². The van der Waals surface area contributed by atoms with Crippen molar-refractivity contribution < 1.29 is 14.3 Å². The third kappa shape index (κ3) is 7.30. The van der Waals surface area contributed by atoms with E-state index in [-0.39, 0.29) is 12.3 Å². The number of hydrogen-bond donors (Lipinski definition) is 2. The highest BCUT2D eigenvalue weighted by Gasteiger charge is 2.13. The molecule has 0 radical (unpaired) electrons. The van der Waals surface area contributed by atoms with Gasteiger partial charge >= 0.3 is 6.09 Å². The molecule has 0 atom stereocenters. The number of alkyl carbamates (subject to hydrolysis) is 1. The number of likely N-dealkylation sites (N-methyl/N-ethyl adjacent to an activating group) is 1. The summed E-state index contributed by atoms with van der Waals surface area (Å²) in [5.74, 6) is -0.0969. The molecule has 2 amide bonds. The summed E-state index contributed by atoms with van der Waals surface area (Å²) in [5.41, 5.74) is 0. The first-order chi connectivity index (χ1) is 9.61. The van der Waals surface area contributed by atoms with Gasteiger partial charge in [0.2, 0.25) is 5.91 Å². The molecule has 1 fully saturated rings. The predicted molar refractivity (Wildman–Crippen MR) is 76.6 cm³/mol. The Morgan fingerprint density at radius 2 is 1.90 bits per heavy atom. The highest BCUT2D eigenvalue weighted by Crippen LogP contribution is 2.00. The van der Waals surface area contributed by atoms with E-state index in [9.17, 15) is 9.59 Å². The Bertz CT molecular complexity index is 304. The van der Waals surface area contributed by atoms with Crippen LogP contribution in [0.4, 0.5) is 4.79 Å². The van der Waals surface area contributed by atoms with Crippen LogP contribution < -0.4 is 10.6 Å². The standard InChI is InChI=1S/C13H26N4O3/c1-14-12(18)4-5-15-13(19)20-11-3-6-17-9-7-16(2)8-10-17/h3-11H2,1-2H3,(H,14,18)(H,15,19). The van der Waals surface area contributed by atoms with Crippen molar-refractivity contribution in [2.45, 2.75) is 12.8 Å². The zero-order valence-electron chi connectivity index (χ0n) is 12.5. The summed E-state index contributed by atoms with van der Waals surface area (Å²) in [6.45, 7) is 6.03. The quantitative estimate of drug-likeness (QED) is 0.617. The van der Waals surface area contributed by atoms with Gasteiger partial charge in [0.1, 0.15) is 0 Å². The number of carbonyl (C=O) groups excluding carboxylic acids is 2. The Kier molecular flexibility index (Phi) is 7.98. The summed E-state index contributed by atoms with van der Waals surface area (Å²) in [7, 11) is 3.70. The second kappa shape index (κ2) is 9.55. The minimum atomic E-state index is -0.452. The monoisotopic (exact) mass is 286 g/mol. The number of hydrogen-bond acceptors (Lipinski definition) is 5. The predicted octanol–water partition coefficient (Wildman–Crippen LogP) is -0.514. The Morgan fingerprint density at radius 3 is 2.55 bits per heavy atom. The zero-order valence-corrected chi connectivity index (χ0v) is 12.5. The van der Waals surface area contributed by atoms with E-state index in [1.807, 2.05) is 0 Å². The lowest BCUT2D eigenvalue weighted by atomic mass is 10.3. The van der Waals surface area contributed by atoms with E-state index in [0.29, 0.717) is 13.2 Å². The van der Waals surface area contributed by atoms with Crippen LogP contribution in [-0.2, 0) is 9.53 Å². The van der Waals surface area contributed by atoms with Gasteiger partial charge < -0.3 is 25.2 Å². The summed E-state index contributed by atoms with van der Waals surface area (Å²) >= 11 is 0. The number of nitrogens with zero attached hydrogens (tertiary/aromatic N) is 2. The van der Waals surface area contributed by atoms with Crippen LogP contribution in [0.25, 0.3) is 0 Å². The van der Waals surface area contributed by atoms with Crippen molar-refractivity contribution in [3.63, 3.8) is 0 Å². The molecule has 1 aliphatic heterocycles. The van der Waals surface area contributed by atoms with Gasteiger partial charge in [-0.25, -0.2) is 4.79 Å². The van der Waals surface area contributed by atoms with Crippen LogP contribution in [0.15, 0.2) is 0 Å². The molecular weight excluding hydrogens is 260 g/mol. The summed E-state index contributed by atoms with van der Waals surface area (Å²) in [6.07, 6.45) is 0.659. The molecule has 7 nitrogen and oxygen atoms in total. The highest BCUT2D eigenvalue weighted by atomic mass is 16.5. The third-order valence-corrected chi connectivity index (χ3v) is 3.35. The molecule has 0 bridgehead atoms. The van der Waals surface area contributed by atoms with Crippen LogP contribution in [0.3, 0.4) is 0 Å². The first-order valence-corrected chi connectivity index (χ1v) is 7.14. The summed E-state index contributed by atoms with van der Waals surface area (Å²) in [6, 6.07) is 0. The van der Waals surface area contributed by atoms with Gasteiger partial charge in [0.25, 0.3) is 0 Å². The van der Waals surface area contributed by atoms with Crippen molar-refractivity contribution in [2.75, 3.05) is 60.0 Å². The molecule has 1 rings (SSSR count). The number of piperazine rings is 1. The molecule has 1 aliphatic rings. The van der Waals surface area contributed by atoms with Gasteiger partial charge in [0.15, 0.2) is 0 Å². The van der Waals surface area contributed by atoms with Crippen LogP contribution in [-0.4, -0.2) is 81.8 Å². The fourth-order valence-corrected chi connectivity index (χ4v) is 1.98. The minimum absolute atomic E-state index is 0.0969. The lowest BCUT2D eigenvalue weighted by Gasteiger charge is -2.32. The van der Waals surface area contributed by atoms with Crippen LogP contribution in [0.1, 0.15) is 12.8 Å². The number of carbonyl (C=O) groups is 2. The zero-order chi connectivity index (χ0) is 14.8. The Morgan fingerprint density at radius 1 is 1.20 bits per heavy atom. The molecule has 1 saturated heterocycles. The van der Waals surface area contributed by atoms with Gasteiger partial charge in [0, 0.05) is 52.7 Å². The molecule has 20 heavy (non-hydrogen) atoms. The topological polar surface area (TPSA) is 73.9 Å². The molecule has 0 aliphatic carbocycles. The molecular formula is C13H26N4O3.